The van der Waals surface area contributed by atoms with Gasteiger partial charge in [-0.15, -0.1) is 0 Å². The van der Waals surface area contributed by atoms with Crippen LogP contribution in [-0.4, -0.2) is 35.8 Å². The molecule has 1 aliphatic heterocycles. The van der Waals surface area contributed by atoms with Crippen LogP contribution in [0.1, 0.15) is 32.3 Å². The fraction of sp³-hybridized carbons (Fsp3) is 0.529. The van der Waals surface area contributed by atoms with Crippen molar-refractivity contribution >= 4 is 23.4 Å². The fourth-order valence-corrected chi connectivity index (χ4v) is 3.12. The number of nitrogens with zero attached hydrogens (tertiary/aromatic N) is 1. The summed E-state index contributed by atoms with van der Waals surface area (Å²) in [4.78, 5) is 25.6. The summed E-state index contributed by atoms with van der Waals surface area (Å²) in [5, 5.41) is 3.77. The molecule has 4 nitrogen and oxygen atoms in total. The molecule has 0 aromatic heterocycles. The van der Waals surface area contributed by atoms with Crippen LogP contribution in [0.15, 0.2) is 24.3 Å². The van der Waals surface area contributed by atoms with Crippen molar-refractivity contribution in [2.45, 2.75) is 39.2 Å². The summed E-state index contributed by atoms with van der Waals surface area (Å²) in [7, 11) is 0. The largest absolute Gasteiger partial charge is 0.353 e. The maximum absolute atomic E-state index is 12.4. The number of hydrogen-bond acceptors (Lipinski definition) is 2. The monoisotopic (exact) mass is 322 g/mol. The lowest BCUT2D eigenvalue weighted by atomic mass is 9.96. The number of rotatable bonds is 4. The number of nitrogens with one attached hydrogen (secondary N) is 1. The van der Waals surface area contributed by atoms with Crippen molar-refractivity contribution in [3.8, 4) is 0 Å². The van der Waals surface area contributed by atoms with Gasteiger partial charge in [-0.1, -0.05) is 23.7 Å². The molecule has 1 fully saturated rings. The standard InChI is InChI=1S/C17H23ClN2O2/c1-12(9-14-5-3-7-16(18)10-14)19-17(22)15-6-4-8-20(11-15)13(2)21/h3,5,7,10,12,15H,4,6,8-9,11H2,1-2H3,(H,19,22). The summed E-state index contributed by atoms with van der Waals surface area (Å²) in [5.41, 5.74) is 1.11. The lowest BCUT2D eigenvalue weighted by Crippen LogP contribution is -2.46. The minimum atomic E-state index is -0.0977. The predicted molar refractivity (Wildman–Crippen MR) is 87.7 cm³/mol. The van der Waals surface area contributed by atoms with Gasteiger partial charge < -0.3 is 10.2 Å². The van der Waals surface area contributed by atoms with Gasteiger partial charge in [-0.3, -0.25) is 9.59 Å². The first kappa shape index (κ1) is 16.8. The number of likely N-dealkylation sites (tertiary alicyclic amines) is 1. The Bertz CT molecular complexity index is 547. The molecule has 1 saturated heterocycles. The fourth-order valence-electron chi connectivity index (χ4n) is 2.91. The summed E-state index contributed by atoms with van der Waals surface area (Å²) in [6, 6.07) is 7.72. The summed E-state index contributed by atoms with van der Waals surface area (Å²) in [6.07, 6.45) is 2.48. The van der Waals surface area contributed by atoms with Crippen LogP contribution >= 0.6 is 11.6 Å². The number of amides is 2. The Morgan fingerprint density at radius 3 is 2.91 bits per heavy atom. The molecule has 1 heterocycles. The van der Waals surface area contributed by atoms with Gasteiger partial charge in [0.15, 0.2) is 0 Å². The lowest BCUT2D eigenvalue weighted by Gasteiger charge is -2.32. The maximum atomic E-state index is 12.4. The maximum Gasteiger partial charge on any atom is 0.225 e. The molecule has 0 radical (unpaired) electrons. The number of benzene rings is 1. The molecule has 0 aliphatic carbocycles. The predicted octanol–water partition coefficient (Wildman–Crippen LogP) is 2.65. The highest BCUT2D eigenvalue weighted by Crippen LogP contribution is 2.17. The first-order chi connectivity index (χ1) is 10.5. The van der Waals surface area contributed by atoms with E-state index in [-0.39, 0.29) is 23.8 Å². The van der Waals surface area contributed by atoms with Crippen molar-refractivity contribution in [2.24, 2.45) is 5.92 Å². The van der Waals surface area contributed by atoms with E-state index in [1.165, 1.54) is 0 Å². The normalized spacial score (nSPS) is 19.6. The second-order valence-electron chi connectivity index (χ2n) is 6.05. The molecule has 1 N–H and O–H groups in total. The Morgan fingerprint density at radius 2 is 2.23 bits per heavy atom. The van der Waals surface area contributed by atoms with Crippen LogP contribution in [-0.2, 0) is 16.0 Å². The van der Waals surface area contributed by atoms with Crippen LogP contribution < -0.4 is 5.32 Å². The minimum absolute atomic E-state index is 0.0404. The second kappa shape index (κ2) is 7.63. The minimum Gasteiger partial charge on any atom is -0.353 e. The van der Waals surface area contributed by atoms with Gasteiger partial charge in [-0.2, -0.15) is 0 Å². The molecule has 22 heavy (non-hydrogen) atoms. The number of hydrogen-bond donors (Lipinski definition) is 1. The van der Waals surface area contributed by atoms with Crippen molar-refractivity contribution in [2.75, 3.05) is 13.1 Å². The van der Waals surface area contributed by atoms with Gasteiger partial charge in [0.05, 0.1) is 5.92 Å². The van der Waals surface area contributed by atoms with E-state index in [4.69, 9.17) is 11.6 Å². The molecule has 1 aromatic rings. The number of carbonyl (C=O) groups excluding carboxylic acids is 2. The molecule has 2 atom stereocenters. The smallest absolute Gasteiger partial charge is 0.225 e. The van der Waals surface area contributed by atoms with Crippen LogP contribution in [0.2, 0.25) is 5.02 Å². The molecule has 0 spiro atoms. The van der Waals surface area contributed by atoms with Crippen LogP contribution in [0.5, 0.6) is 0 Å². The van der Waals surface area contributed by atoms with Gasteiger partial charge in [0, 0.05) is 31.1 Å². The molecule has 2 unspecified atom stereocenters. The van der Waals surface area contributed by atoms with E-state index in [2.05, 4.69) is 5.32 Å². The molecule has 5 heteroatoms. The number of carbonyl (C=O) groups is 2. The molecule has 2 amide bonds. The van der Waals surface area contributed by atoms with Gasteiger partial charge in [0.1, 0.15) is 0 Å². The zero-order valence-electron chi connectivity index (χ0n) is 13.1. The van der Waals surface area contributed by atoms with Crippen LogP contribution in [0, 0.1) is 5.92 Å². The third-order valence-electron chi connectivity index (χ3n) is 4.06. The van der Waals surface area contributed by atoms with Crippen molar-refractivity contribution in [1.29, 1.82) is 0 Å². The Kier molecular flexibility index (Phi) is 5.83. The second-order valence-corrected chi connectivity index (χ2v) is 6.48. The van der Waals surface area contributed by atoms with E-state index in [0.29, 0.717) is 11.6 Å². The van der Waals surface area contributed by atoms with Crippen LogP contribution in [0.3, 0.4) is 0 Å². The number of halogens is 1. The average Bonchev–Trinajstić information content (AvgIpc) is 2.47. The van der Waals surface area contributed by atoms with Crippen molar-refractivity contribution in [1.82, 2.24) is 10.2 Å². The first-order valence-electron chi connectivity index (χ1n) is 7.76. The Hall–Kier alpha value is -1.55. The van der Waals surface area contributed by atoms with Crippen molar-refractivity contribution < 1.29 is 9.59 Å². The Balaban J connectivity index is 1.86. The highest BCUT2D eigenvalue weighted by Gasteiger charge is 2.27. The van der Waals surface area contributed by atoms with Gasteiger partial charge in [-0.25, -0.2) is 0 Å². The average molecular weight is 323 g/mol. The third kappa shape index (κ3) is 4.73. The number of piperidine rings is 1. The van der Waals surface area contributed by atoms with Crippen LogP contribution in [0.4, 0.5) is 0 Å². The molecular formula is C17H23ClN2O2. The molecule has 2 rings (SSSR count). The van der Waals surface area contributed by atoms with E-state index in [1.54, 1.807) is 11.8 Å². The summed E-state index contributed by atoms with van der Waals surface area (Å²) < 4.78 is 0. The van der Waals surface area contributed by atoms with Gasteiger partial charge in [0.2, 0.25) is 11.8 Å². The van der Waals surface area contributed by atoms with Gasteiger partial charge >= 0.3 is 0 Å². The first-order valence-corrected chi connectivity index (χ1v) is 8.14. The molecule has 0 bridgehead atoms. The highest BCUT2D eigenvalue weighted by molar-refractivity contribution is 6.30. The van der Waals surface area contributed by atoms with Crippen LogP contribution in [0.25, 0.3) is 0 Å². The van der Waals surface area contributed by atoms with Crippen molar-refractivity contribution in [3.05, 3.63) is 34.9 Å². The molecule has 0 saturated carbocycles. The Morgan fingerprint density at radius 1 is 1.45 bits per heavy atom. The molecular weight excluding hydrogens is 300 g/mol. The molecule has 1 aromatic carbocycles. The van der Waals surface area contributed by atoms with E-state index in [0.717, 1.165) is 31.4 Å². The van der Waals surface area contributed by atoms with E-state index in [1.807, 2.05) is 31.2 Å². The zero-order valence-corrected chi connectivity index (χ0v) is 13.9. The third-order valence-corrected chi connectivity index (χ3v) is 4.29. The molecule has 1 aliphatic rings. The lowest BCUT2D eigenvalue weighted by molar-refractivity contribution is -0.134. The van der Waals surface area contributed by atoms with E-state index >= 15 is 0 Å². The van der Waals surface area contributed by atoms with E-state index in [9.17, 15) is 9.59 Å². The van der Waals surface area contributed by atoms with Gasteiger partial charge in [0.25, 0.3) is 0 Å². The SMILES string of the molecule is CC(=O)N1CCCC(C(=O)NC(C)Cc2cccc(Cl)c2)C1. The summed E-state index contributed by atoms with van der Waals surface area (Å²) >= 11 is 5.98. The zero-order chi connectivity index (χ0) is 16.1. The Labute approximate surface area is 136 Å². The topological polar surface area (TPSA) is 49.4 Å². The quantitative estimate of drug-likeness (QED) is 0.926. The summed E-state index contributed by atoms with van der Waals surface area (Å²) in [5.74, 6) is -0.00980. The van der Waals surface area contributed by atoms with E-state index < -0.39 is 0 Å². The summed E-state index contributed by atoms with van der Waals surface area (Å²) in [6.45, 7) is 4.84. The highest BCUT2D eigenvalue weighted by atomic mass is 35.5. The van der Waals surface area contributed by atoms with Crippen molar-refractivity contribution in [3.63, 3.8) is 0 Å². The molecule has 120 valence electrons. The van der Waals surface area contributed by atoms with Gasteiger partial charge in [-0.05, 0) is 43.9 Å².